The first-order chi connectivity index (χ1) is 9.43. The topological polar surface area (TPSA) is 51.2 Å². The number of carbonyl (C=O) groups excluding carboxylic acids is 3. The van der Waals surface area contributed by atoms with Crippen molar-refractivity contribution in [3.63, 3.8) is 0 Å². The molecule has 0 amide bonds. The Labute approximate surface area is 121 Å². The minimum atomic E-state index is 0.121. The third kappa shape index (κ3) is 11.3. The van der Waals surface area contributed by atoms with Crippen LogP contribution < -0.4 is 0 Å². The number of hydrogen-bond acceptors (Lipinski definition) is 3. The van der Waals surface area contributed by atoms with Crippen LogP contribution in [-0.2, 0) is 9.59 Å². The van der Waals surface area contributed by atoms with Crippen LogP contribution >= 0.6 is 0 Å². The molecule has 3 heteroatoms. The van der Waals surface area contributed by atoms with Crippen molar-refractivity contribution in [1.82, 2.24) is 0 Å². The van der Waals surface area contributed by atoms with Crippen LogP contribution in [0, 0.1) is 0 Å². The minimum absolute atomic E-state index is 0.121. The molecule has 3 nitrogen and oxygen atoms in total. The second-order valence-electron chi connectivity index (χ2n) is 4.93. The van der Waals surface area contributed by atoms with Crippen molar-refractivity contribution in [3.05, 3.63) is 35.9 Å². The maximum absolute atomic E-state index is 10.6. The number of rotatable bonds is 1. The summed E-state index contributed by atoms with van der Waals surface area (Å²) in [6.45, 7) is 4.62. The molecule has 20 heavy (non-hydrogen) atoms. The molecular formula is C17H24O3. The summed E-state index contributed by atoms with van der Waals surface area (Å²) < 4.78 is 0. The summed E-state index contributed by atoms with van der Waals surface area (Å²) in [5.41, 5.74) is 0.775. The van der Waals surface area contributed by atoms with E-state index in [4.69, 9.17) is 0 Å². The van der Waals surface area contributed by atoms with Crippen LogP contribution in [0.1, 0.15) is 63.2 Å². The van der Waals surface area contributed by atoms with Crippen LogP contribution in [0.4, 0.5) is 0 Å². The predicted octanol–water partition coefficient (Wildman–Crippen LogP) is 4.00. The summed E-state index contributed by atoms with van der Waals surface area (Å²) in [6, 6.07) is 9.23. The van der Waals surface area contributed by atoms with E-state index >= 15 is 0 Å². The number of hydrogen-bond donors (Lipinski definition) is 0. The first-order valence-electron chi connectivity index (χ1n) is 6.98. The molecule has 1 aliphatic rings. The maximum atomic E-state index is 10.6. The van der Waals surface area contributed by atoms with Gasteiger partial charge in [0.2, 0.25) is 0 Å². The Balaban J connectivity index is 0.000000293. The number of benzene rings is 1. The molecule has 0 unspecified atom stereocenters. The fourth-order valence-corrected chi connectivity index (χ4v) is 1.62. The lowest BCUT2D eigenvalue weighted by Gasteiger charge is -2.05. The zero-order valence-electron chi connectivity index (χ0n) is 12.6. The van der Waals surface area contributed by atoms with Crippen LogP contribution in [0.15, 0.2) is 30.3 Å². The van der Waals surface area contributed by atoms with Gasteiger partial charge in [-0.15, -0.1) is 0 Å². The van der Waals surface area contributed by atoms with Gasteiger partial charge in [0.1, 0.15) is 11.6 Å². The average Bonchev–Trinajstić information content (AvgIpc) is 2.41. The van der Waals surface area contributed by atoms with Crippen LogP contribution in [-0.4, -0.2) is 17.3 Å². The van der Waals surface area contributed by atoms with Gasteiger partial charge in [0.05, 0.1) is 0 Å². The molecule has 0 saturated heterocycles. The van der Waals surface area contributed by atoms with Gasteiger partial charge in [0, 0.05) is 18.4 Å². The summed E-state index contributed by atoms with van der Waals surface area (Å²) in [5, 5.41) is 0. The molecule has 1 aliphatic carbocycles. The van der Waals surface area contributed by atoms with E-state index in [0.29, 0.717) is 5.78 Å². The quantitative estimate of drug-likeness (QED) is 0.728. The monoisotopic (exact) mass is 276 g/mol. The standard InChI is InChI=1S/C8H8O.C6H10O.C3H6O/c1-7(9)8-5-3-2-4-6-8;7-6-4-2-1-3-5-6;1-3(2)4/h2-6H,1H3;1-5H2;1-2H3. The molecular weight excluding hydrogens is 252 g/mol. The fraction of sp³-hybridized carbons (Fsp3) is 0.471. The van der Waals surface area contributed by atoms with Crippen molar-refractivity contribution in [2.75, 3.05) is 0 Å². The van der Waals surface area contributed by atoms with Gasteiger partial charge in [-0.05, 0) is 33.6 Å². The second kappa shape index (κ2) is 11.1. The van der Waals surface area contributed by atoms with E-state index in [9.17, 15) is 14.4 Å². The zero-order chi connectivity index (χ0) is 15.4. The van der Waals surface area contributed by atoms with Gasteiger partial charge in [-0.25, -0.2) is 0 Å². The van der Waals surface area contributed by atoms with Crippen LogP contribution in [0.25, 0.3) is 0 Å². The average molecular weight is 276 g/mol. The number of carbonyl (C=O) groups is 3. The van der Waals surface area contributed by atoms with Crippen LogP contribution in [0.3, 0.4) is 0 Å². The molecule has 0 spiro atoms. The zero-order valence-corrected chi connectivity index (χ0v) is 12.6. The van der Waals surface area contributed by atoms with E-state index < -0.39 is 0 Å². The molecule has 1 aromatic rings. The molecule has 1 saturated carbocycles. The smallest absolute Gasteiger partial charge is 0.159 e. The van der Waals surface area contributed by atoms with Crippen molar-refractivity contribution >= 4 is 17.3 Å². The lowest BCUT2D eigenvalue weighted by Crippen LogP contribution is -2.02. The summed E-state index contributed by atoms with van der Waals surface area (Å²) in [4.78, 5) is 30.6. The van der Waals surface area contributed by atoms with Gasteiger partial charge in [-0.3, -0.25) is 9.59 Å². The molecule has 110 valence electrons. The van der Waals surface area contributed by atoms with Gasteiger partial charge in [-0.2, -0.15) is 0 Å². The van der Waals surface area contributed by atoms with Gasteiger partial charge >= 0.3 is 0 Å². The van der Waals surface area contributed by atoms with Crippen molar-refractivity contribution in [2.24, 2.45) is 0 Å². The molecule has 0 heterocycles. The summed E-state index contributed by atoms with van der Waals surface area (Å²) >= 11 is 0. The largest absolute Gasteiger partial charge is 0.300 e. The van der Waals surface area contributed by atoms with Crippen LogP contribution in [0.5, 0.6) is 0 Å². The normalized spacial score (nSPS) is 13.2. The Morgan fingerprint density at radius 1 is 0.850 bits per heavy atom. The lowest BCUT2D eigenvalue weighted by molar-refractivity contribution is -0.120. The molecule has 2 rings (SSSR count). The molecule has 1 fully saturated rings. The van der Waals surface area contributed by atoms with E-state index in [2.05, 4.69) is 0 Å². The first kappa shape index (κ1) is 18.2. The fourth-order valence-electron chi connectivity index (χ4n) is 1.62. The van der Waals surface area contributed by atoms with E-state index in [-0.39, 0.29) is 11.6 Å². The van der Waals surface area contributed by atoms with E-state index in [0.717, 1.165) is 31.2 Å². The molecule has 0 aliphatic heterocycles. The van der Waals surface area contributed by atoms with Crippen molar-refractivity contribution < 1.29 is 14.4 Å². The van der Waals surface area contributed by atoms with Gasteiger partial charge in [0.25, 0.3) is 0 Å². The molecule has 0 atom stereocenters. The van der Waals surface area contributed by atoms with E-state index in [1.807, 2.05) is 30.3 Å². The van der Waals surface area contributed by atoms with E-state index in [1.165, 1.54) is 20.3 Å². The van der Waals surface area contributed by atoms with Gasteiger partial charge in [-0.1, -0.05) is 36.8 Å². The Hall–Kier alpha value is -1.77. The maximum Gasteiger partial charge on any atom is 0.159 e. The Morgan fingerprint density at radius 3 is 1.55 bits per heavy atom. The Kier molecular flexibility index (Phi) is 10.1. The SMILES string of the molecule is CC(=O)c1ccccc1.CC(C)=O.O=C1CCCCC1. The summed E-state index contributed by atoms with van der Waals surface area (Å²) in [7, 11) is 0. The van der Waals surface area contributed by atoms with Crippen molar-refractivity contribution in [2.45, 2.75) is 52.9 Å². The highest BCUT2D eigenvalue weighted by Crippen LogP contribution is 2.12. The van der Waals surface area contributed by atoms with Crippen LogP contribution in [0.2, 0.25) is 0 Å². The van der Waals surface area contributed by atoms with Gasteiger partial charge in [0.15, 0.2) is 5.78 Å². The second-order valence-corrected chi connectivity index (χ2v) is 4.93. The highest BCUT2D eigenvalue weighted by molar-refractivity contribution is 5.93. The summed E-state index contributed by atoms with van der Waals surface area (Å²) in [6.07, 6.45) is 5.24. The lowest BCUT2D eigenvalue weighted by atomic mass is 10.00. The van der Waals surface area contributed by atoms with Crippen molar-refractivity contribution in [3.8, 4) is 0 Å². The van der Waals surface area contributed by atoms with E-state index in [1.54, 1.807) is 6.92 Å². The molecule has 0 bridgehead atoms. The summed E-state index contributed by atoms with van der Waals surface area (Å²) in [5.74, 6) is 0.752. The predicted molar refractivity (Wildman–Crippen MR) is 80.9 cm³/mol. The van der Waals surface area contributed by atoms with Gasteiger partial charge < -0.3 is 4.79 Å². The number of Topliss-reactive ketones (excluding diaryl/α,β-unsaturated/α-hetero) is 3. The molecule has 0 radical (unpaired) electrons. The molecule has 0 N–H and O–H groups in total. The highest BCUT2D eigenvalue weighted by atomic mass is 16.1. The first-order valence-corrected chi connectivity index (χ1v) is 6.98. The Bertz CT molecular complexity index is 409. The number of ketones is 3. The third-order valence-corrected chi connectivity index (χ3v) is 2.59. The molecule has 0 aromatic heterocycles. The molecule has 1 aromatic carbocycles. The Morgan fingerprint density at radius 2 is 1.30 bits per heavy atom. The minimum Gasteiger partial charge on any atom is -0.300 e. The van der Waals surface area contributed by atoms with Crippen molar-refractivity contribution in [1.29, 1.82) is 0 Å². The highest BCUT2D eigenvalue weighted by Gasteiger charge is 2.05. The third-order valence-electron chi connectivity index (χ3n) is 2.59.